The van der Waals surface area contributed by atoms with E-state index in [4.69, 9.17) is 11.6 Å². The van der Waals surface area contributed by atoms with Crippen molar-refractivity contribution in [3.63, 3.8) is 0 Å². The molecule has 1 aromatic rings. The van der Waals surface area contributed by atoms with Gasteiger partial charge in [-0.25, -0.2) is 0 Å². The molecule has 1 heterocycles. The minimum atomic E-state index is -0.624. The molecule has 1 saturated heterocycles. The van der Waals surface area contributed by atoms with Crippen molar-refractivity contribution in [2.45, 2.75) is 18.9 Å². The van der Waals surface area contributed by atoms with Gasteiger partial charge in [0.25, 0.3) is 0 Å². The number of hydrogen-bond donors (Lipinski definition) is 2. The minimum Gasteiger partial charge on any atom is -0.388 e. The molecule has 0 unspecified atom stereocenters. The minimum absolute atomic E-state index is 0.00229. The zero-order valence-corrected chi connectivity index (χ0v) is 11.8. The van der Waals surface area contributed by atoms with E-state index in [-0.39, 0.29) is 5.91 Å². The lowest BCUT2D eigenvalue weighted by atomic mass is 9.97. The number of β-amino-alcohol motifs (C(OH)–C–C–N with tert-alkyl or cyclic N) is 1. The second-order valence-corrected chi connectivity index (χ2v) is 5.81. The molecule has 0 aliphatic carbocycles. The summed E-state index contributed by atoms with van der Waals surface area (Å²) >= 11 is 5.89. The monoisotopic (exact) mass is 282 g/mol. The van der Waals surface area contributed by atoms with Gasteiger partial charge in [-0.1, -0.05) is 23.7 Å². The van der Waals surface area contributed by atoms with E-state index in [9.17, 15) is 9.90 Å². The maximum Gasteiger partial charge on any atom is 0.234 e. The van der Waals surface area contributed by atoms with Gasteiger partial charge in [0.05, 0.1) is 12.1 Å². The summed E-state index contributed by atoms with van der Waals surface area (Å²) in [5.41, 5.74) is 0.487. The highest BCUT2D eigenvalue weighted by Crippen LogP contribution is 2.18. The molecule has 5 heteroatoms. The lowest BCUT2D eigenvalue weighted by Crippen LogP contribution is -2.61. The summed E-state index contributed by atoms with van der Waals surface area (Å²) < 4.78 is 0. The number of halogens is 1. The molecule has 0 saturated carbocycles. The molecule has 2 N–H and O–H groups in total. The number of likely N-dealkylation sites (tertiary alicyclic amines) is 1. The summed E-state index contributed by atoms with van der Waals surface area (Å²) in [5, 5.41) is 13.1. The molecule has 1 aromatic carbocycles. The molecule has 2 rings (SSSR count). The van der Waals surface area contributed by atoms with Crippen LogP contribution in [0.5, 0.6) is 0 Å². The number of benzene rings is 1. The largest absolute Gasteiger partial charge is 0.388 e. The van der Waals surface area contributed by atoms with Crippen LogP contribution in [0, 0.1) is 0 Å². The van der Waals surface area contributed by atoms with Crippen LogP contribution in [0.3, 0.4) is 0 Å². The van der Waals surface area contributed by atoms with Gasteiger partial charge in [0, 0.05) is 24.7 Å². The predicted octanol–water partition coefficient (Wildman–Crippen LogP) is 1.07. The number of nitrogens with zero attached hydrogens (tertiary/aromatic N) is 1. The zero-order valence-electron chi connectivity index (χ0n) is 11.0. The number of amides is 1. The summed E-state index contributed by atoms with van der Waals surface area (Å²) in [6, 6.07) is 7.63. The molecule has 0 radical (unpaired) electrons. The summed E-state index contributed by atoms with van der Waals surface area (Å²) in [4.78, 5) is 13.6. The van der Waals surface area contributed by atoms with Crippen molar-refractivity contribution in [2.75, 3.05) is 26.2 Å². The van der Waals surface area contributed by atoms with E-state index in [2.05, 4.69) is 5.32 Å². The van der Waals surface area contributed by atoms with E-state index in [0.29, 0.717) is 31.2 Å². The molecular weight excluding hydrogens is 264 g/mol. The molecule has 0 spiro atoms. The smallest absolute Gasteiger partial charge is 0.234 e. The summed E-state index contributed by atoms with van der Waals surface area (Å²) in [6.45, 7) is 3.86. The lowest BCUT2D eigenvalue weighted by molar-refractivity contribution is -0.130. The summed E-state index contributed by atoms with van der Waals surface area (Å²) in [6.07, 6.45) is 0.768. The van der Waals surface area contributed by atoms with Crippen molar-refractivity contribution in [3.05, 3.63) is 34.9 Å². The molecule has 4 nitrogen and oxygen atoms in total. The maximum absolute atomic E-state index is 11.7. The van der Waals surface area contributed by atoms with E-state index in [1.165, 1.54) is 0 Å². The van der Waals surface area contributed by atoms with Crippen molar-refractivity contribution in [2.24, 2.45) is 0 Å². The standard InChI is InChI=1S/C14H19ClN2O2/c1-14(19)9-17(10-14)8-13(18)16-6-5-11-3-2-4-12(15)7-11/h2-4,7,19H,5-6,8-10H2,1H3,(H,16,18). The van der Waals surface area contributed by atoms with Crippen LogP contribution >= 0.6 is 11.6 Å². The Bertz CT molecular complexity index is 455. The molecule has 104 valence electrons. The quantitative estimate of drug-likeness (QED) is 0.849. The van der Waals surface area contributed by atoms with Gasteiger partial charge in [0.15, 0.2) is 0 Å². The highest BCUT2D eigenvalue weighted by atomic mass is 35.5. The van der Waals surface area contributed by atoms with E-state index >= 15 is 0 Å². The van der Waals surface area contributed by atoms with E-state index in [1.807, 2.05) is 29.2 Å². The average molecular weight is 283 g/mol. The van der Waals surface area contributed by atoms with Crippen LogP contribution in [0.15, 0.2) is 24.3 Å². The molecule has 0 aromatic heterocycles. The Morgan fingerprint density at radius 3 is 2.89 bits per heavy atom. The van der Waals surface area contributed by atoms with Gasteiger partial charge in [0.2, 0.25) is 5.91 Å². The predicted molar refractivity (Wildman–Crippen MR) is 75.2 cm³/mol. The first-order valence-corrected chi connectivity index (χ1v) is 6.78. The van der Waals surface area contributed by atoms with Crippen molar-refractivity contribution in [3.8, 4) is 0 Å². The van der Waals surface area contributed by atoms with Crippen LogP contribution in [0.1, 0.15) is 12.5 Å². The van der Waals surface area contributed by atoms with Gasteiger partial charge in [-0.15, -0.1) is 0 Å². The fraction of sp³-hybridized carbons (Fsp3) is 0.500. The van der Waals surface area contributed by atoms with Crippen LogP contribution in [-0.2, 0) is 11.2 Å². The molecule has 19 heavy (non-hydrogen) atoms. The van der Waals surface area contributed by atoms with Crippen molar-refractivity contribution in [1.29, 1.82) is 0 Å². The first-order valence-electron chi connectivity index (χ1n) is 6.40. The van der Waals surface area contributed by atoms with Crippen LogP contribution in [0.2, 0.25) is 5.02 Å². The van der Waals surface area contributed by atoms with Gasteiger partial charge in [-0.2, -0.15) is 0 Å². The van der Waals surface area contributed by atoms with Crippen LogP contribution in [-0.4, -0.2) is 47.7 Å². The summed E-state index contributed by atoms with van der Waals surface area (Å²) in [5.74, 6) is -0.00229. The molecule has 1 aliphatic rings. The Morgan fingerprint density at radius 1 is 1.53 bits per heavy atom. The molecule has 1 fully saturated rings. The highest BCUT2D eigenvalue weighted by molar-refractivity contribution is 6.30. The number of aliphatic hydroxyl groups is 1. The van der Waals surface area contributed by atoms with Crippen molar-refractivity contribution in [1.82, 2.24) is 10.2 Å². The number of hydrogen-bond acceptors (Lipinski definition) is 3. The fourth-order valence-corrected chi connectivity index (χ4v) is 2.54. The van der Waals surface area contributed by atoms with Gasteiger partial charge < -0.3 is 10.4 Å². The van der Waals surface area contributed by atoms with Gasteiger partial charge in [-0.3, -0.25) is 9.69 Å². The summed E-state index contributed by atoms with van der Waals surface area (Å²) in [7, 11) is 0. The van der Waals surface area contributed by atoms with E-state index in [1.54, 1.807) is 6.92 Å². The third-order valence-corrected chi connectivity index (χ3v) is 3.36. The normalized spacial score (nSPS) is 17.8. The highest BCUT2D eigenvalue weighted by Gasteiger charge is 2.36. The Kier molecular flexibility index (Phi) is 4.45. The Balaban J connectivity index is 1.64. The maximum atomic E-state index is 11.7. The Hall–Kier alpha value is -1.10. The van der Waals surface area contributed by atoms with Crippen LogP contribution in [0.25, 0.3) is 0 Å². The van der Waals surface area contributed by atoms with Gasteiger partial charge in [0.1, 0.15) is 0 Å². The van der Waals surface area contributed by atoms with Crippen molar-refractivity contribution < 1.29 is 9.90 Å². The number of rotatable bonds is 5. The van der Waals surface area contributed by atoms with Gasteiger partial charge in [-0.05, 0) is 31.0 Å². The van der Waals surface area contributed by atoms with E-state index in [0.717, 1.165) is 12.0 Å². The topological polar surface area (TPSA) is 52.6 Å². The SMILES string of the molecule is CC1(O)CN(CC(=O)NCCc2cccc(Cl)c2)C1. The Morgan fingerprint density at radius 2 is 2.26 bits per heavy atom. The van der Waals surface area contributed by atoms with E-state index < -0.39 is 5.60 Å². The van der Waals surface area contributed by atoms with Crippen molar-refractivity contribution >= 4 is 17.5 Å². The molecule has 0 atom stereocenters. The van der Waals surface area contributed by atoms with Crippen LogP contribution < -0.4 is 5.32 Å². The second kappa shape index (κ2) is 5.90. The molecular formula is C14H19ClN2O2. The third kappa shape index (κ3) is 4.49. The Labute approximate surface area is 118 Å². The first-order chi connectivity index (χ1) is 8.94. The number of nitrogens with one attached hydrogen (secondary N) is 1. The molecule has 0 bridgehead atoms. The fourth-order valence-electron chi connectivity index (χ4n) is 2.33. The second-order valence-electron chi connectivity index (χ2n) is 5.37. The average Bonchev–Trinajstić information content (AvgIpc) is 2.26. The zero-order chi connectivity index (χ0) is 13.9. The van der Waals surface area contributed by atoms with Crippen LogP contribution in [0.4, 0.5) is 0 Å². The molecule has 1 aliphatic heterocycles. The van der Waals surface area contributed by atoms with Gasteiger partial charge >= 0.3 is 0 Å². The third-order valence-electron chi connectivity index (χ3n) is 3.12. The number of carbonyl (C=O) groups excluding carboxylic acids is 1. The molecule has 1 amide bonds. The lowest BCUT2D eigenvalue weighted by Gasteiger charge is -2.43. The first kappa shape index (κ1) is 14.3. The number of carbonyl (C=O) groups is 1.